The smallest absolute Gasteiger partial charge is 0.238 e. The Morgan fingerprint density at radius 1 is 1.56 bits per heavy atom. The number of likely N-dealkylation sites (N-methyl/N-ethyl adjacent to an activating group) is 1. The second-order valence-corrected chi connectivity index (χ2v) is 4.51. The van der Waals surface area contributed by atoms with Crippen molar-refractivity contribution >= 4 is 28.9 Å². The summed E-state index contributed by atoms with van der Waals surface area (Å²) in [7, 11) is 1.82. The largest absolute Gasteiger partial charge is 0.399 e. The van der Waals surface area contributed by atoms with Crippen molar-refractivity contribution in [2.24, 2.45) is 0 Å². The molecular weight excluding hydrogens is 254 g/mol. The third-order valence-corrected chi connectivity index (χ3v) is 2.69. The topological polar surface area (TPSA) is 78.6 Å². The quantitative estimate of drug-likeness (QED) is 0.679. The molecule has 0 atom stereocenters. The summed E-state index contributed by atoms with van der Waals surface area (Å²) in [5, 5.41) is 11.8. The van der Waals surface area contributed by atoms with Crippen LogP contribution in [-0.4, -0.2) is 42.7 Å². The predicted octanol–water partition coefficient (Wildman–Crippen LogP) is 1.17. The maximum Gasteiger partial charge on any atom is 0.238 e. The van der Waals surface area contributed by atoms with Crippen LogP contribution in [0.5, 0.6) is 0 Å². The van der Waals surface area contributed by atoms with Crippen LogP contribution >= 0.6 is 11.6 Å². The van der Waals surface area contributed by atoms with E-state index >= 15 is 0 Å². The van der Waals surface area contributed by atoms with Crippen molar-refractivity contribution in [2.45, 2.75) is 6.42 Å². The summed E-state index contributed by atoms with van der Waals surface area (Å²) in [5.74, 6) is -0.151. The number of nitrogens with one attached hydrogen (secondary N) is 1. The highest BCUT2D eigenvalue weighted by molar-refractivity contribution is 6.34. The van der Waals surface area contributed by atoms with Gasteiger partial charge in [0.2, 0.25) is 5.91 Å². The number of hydrogen-bond donors (Lipinski definition) is 3. The van der Waals surface area contributed by atoms with Gasteiger partial charge >= 0.3 is 0 Å². The molecule has 0 bridgehead atoms. The zero-order chi connectivity index (χ0) is 13.5. The van der Waals surface area contributed by atoms with Crippen LogP contribution in [0.15, 0.2) is 18.2 Å². The van der Waals surface area contributed by atoms with Crippen molar-refractivity contribution in [3.8, 4) is 0 Å². The van der Waals surface area contributed by atoms with Crippen LogP contribution in [0.25, 0.3) is 0 Å². The molecule has 5 nitrogen and oxygen atoms in total. The average molecular weight is 272 g/mol. The molecule has 1 aromatic carbocycles. The number of hydrogen-bond acceptors (Lipinski definition) is 4. The number of aliphatic hydroxyl groups excluding tert-OH is 1. The molecule has 4 N–H and O–H groups in total. The van der Waals surface area contributed by atoms with Gasteiger partial charge in [-0.1, -0.05) is 11.6 Å². The fourth-order valence-corrected chi connectivity index (χ4v) is 1.72. The number of nitrogens with zero attached hydrogens (tertiary/aromatic N) is 1. The first-order chi connectivity index (χ1) is 8.52. The van der Waals surface area contributed by atoms with E-state index in [0.29, 0.717) is 29.4 Å². The van der Waals surface area contributed by atoms with E-state index in [1.165, 1.54) is 0 Å². The third-order valence-electron chi connectivity index (χ3n) is 2.38. The van der Waals surface area contributed by atoms with E-state index in [1.54, 1.807) is 18.2 Å². The fourth-order valence-electron chi connectivity index (χ4n) is 1.49. The Kier molecular flexibility index (Phi) is 5.91. The van der Waals surface area contributed by atoms with Gasteiger partial charge in [-0.2, -0.15) is 0 Å². The highest BCUT2D eigenvalue weighted by Crippen LogP contribution is 2.23. The second kappa shape index (κ2) is 7.20. The Morgan fingerprint density at radius 3 is 2.89 bits per heavy atom. The molecule has 0 unspecified atom stereocenters. The highest BCUT2D eigenvalue weighted by Gasteiger charge is 2.08. The molecular formula is C12H18ClN3O2. The SMILES string of the molecule is CN(CCCO)CC(=O)Nc1ccc(N)cc1Cl. The number of aliphatic hydroxyl groups is 1. The number of anilines is 2. The van der Waals surface area contributed by atoms with Gasteiger partial charge in [-0.25, -0.2) is 0 Å². The minimum Gasteiger partial charge on any atom is -0.399 e. The normalized spacial score (nSPS) is 10.7. The Morgan fingerprint density at radius 2 is 2.28 bits per heavy atom. The summed E-state index contributed by atoms with van der Waals surface area (Å²) in [5.41, 5.74) is 6.67. The van der Waals surface area contributed by atoms with Crippen molar-refractivity contribution in [1.29, 1.82) is 0 Å². The van der Waals surface area contributed by atoms with E-state index in [-0.39, 0.29) is 19.1 Å². The van der Waals surface area contributed by atoms with E-state index in [4.69, 9.17) is 22.4 Å². The van der Waals surface area contributed by atoms with Crippen molar-refractivity contribution in [3.63, 3.8) is 0 Å². The number of rotatable bonds is 6. The van der Waals surface area contributed by atoms with Gasteiger partial charge in [0.25, 0.3) is 0 Å². The number of benzene rings is 1. The van der Waals surface area contributed by atoms with Gasteiger partial charge in [0.05, 0.1) is 17.3 Å². The van der Waals surface area contributed by atoms with Crippen LogP contribution in [0, 0.1) is 0 Å². The Balaban J connectivity index is 2.49. The van der Waals surface area contributed by atoms with Crippen molar-refractivity contribution in [2.75, 3.05) is 37.8 Å². The number of amides is 1. The Bertz CT molecular complexity index is 412. The molecule has 1 amide bonds. The summed E-state index contributed by atoms with van der Waals surface area (Å²) in [6.45, 7) is 1.04. The zero-order valence-electron chi connectivity index (χ0n) is 10.3. The second-order valence-electron chi connectivity index (χ2n) is 4.10. The predicted molar refractivity (Wildman–Crippen MR) is 73.7 cm³/mol. The number of carbonyl (C=O) groups is 1. The molecule has 0 aliphatic heterocycles. The van der Waals surface area contributed by atoms with Gasteiger partial charge < -0.3 is 16.2 Å². The first-order valence-electron chi connectivity index (χ1n) is 5.67. The number of nitrogens with two attached hydrogens (primary N) is 1. The molecule has 0 aliphatic carbocycles. The van der Waals surface area contributed by atoms with Crippen LogP contribution in [0.1, 0.15) is 6.42 Å². The van der Waals surface area contributed by atoms with Crippen molar-refractivity contribution in [3.05, 3.63) is 23.2 Å². The zero-order valence-corrected chi connectivity index (χ0v) is 11.1. The van der Waals surface area contributed by atoms with E-state index in [0.717, 1.165) is 0 Å². The van der Waals surface area contributed by atoms with Gasteiger partial charge in [-0.05, 0) is 31.7 Å². The van der Waals surface area contributed by atoms with Gasteiger partial charge in [0, 0.05) is 18.8 Å². The number of halogens is 1. The molecule has 1 rings (SSSR count). The first kappa shape index (κ1) is 14.8. The first-order valence-corrected chi connectivity index (χ1v) is 6.05. The molecule has 0 aliphatic rings. The summed E-state index contributed by atoms with van der Waals surface area (Å²) in [6.07, 6.45) is 0.645. The monoisotopic (exact) mass is 271 g/mol. The lowest BCUT2D eigenvalue weighted by atomic mass is 10.3. The van der Waals surface area contributed by atoms with Crippen molar-refractivity contribution < 1.29 is 9.90 Å². The van der Waals surface area contributed by atoms with Crippen LogP contribution in [0.4, 0.5) is 11.4 Å². The number of carbonyl (C=O) groups excluding carboxylic acids is 1. The standard InChI is InChI=1S/C12H18ClN3O2/c1-16(5-2-6-17)8-12(18)15-11-4-3-9(14)7-10(11)13/h3-4,7,17H,2,5-6,8,14H2,1H3,(H,15,18). The molecule has 0 aromatic heterocycles. The number of nitrogen functional groups attached to an aromatic ring is 1. The summed E-state index contributed by atoms with van der Waals surface area (Å²) in [4.78, 5) is 13.5. The van der Waals surface area contributed by atoms with E-state index in [9.17, 15) is 4.79 Å². The van der Waals surface area contributed by atoms with E-state index in [1.807, 2.05) is 11.9 Å². The fraction of sp³-hybridized carbons (Fsp3) is 0.417. The van der Waals surface area contributed by atoms with E-state index in [2.05, 4.69) is 5.32 Å². The molecule has 0 radical (unpaired) electrons. The van der Waals surface area contributed by atoms with Crippen LogP contribution in [0.2, 0.25) is 5.02 Å². The molecule has 0 heterocycles. The van der Waals surface area contributed by atoms with Gasteiger partial charge in [0.15, 0.2) is 0 Å². The molecule has 100 valence electrons. The highest BCUT2D eigenvalue weighted by atomic mass is 35.5. The Labute approximate surface area is 112 Å². The maximum absolute atomic E-state index is 11.7. The molecule has 0 fully saturated rings. The van der Waals surface area contributed by atoms with E-state index < -0.39 is 0 Å². The summed E-state index contributed by atoms with van der Waals surface area (Å²) in [6, 6.07) is 4.94. The van der Waals surface area contributed by atoms with Gasteiger partial charge in [0.1, 0.15) is 0 Å². The molecule has 0 saturated carbocycles. The van der Waals surface area contributed by atoms with Crippen LogP contribution < -0.4 is 11.1 Å². The Hall–Kier alpha value is -1.30. The van der Waals surface area contributed by atoms with Crippen molar-refractivity contribution in [1.82, 2.24) is 4.90 Å². The van der Waals surface area contributed by atoms with Gasteiger partial charge in [-0.15, -0.1) is 0 Å². The molecule has 0 spiro atoms. The molecule has 18 heavy (non-hydrogen) atoms. The molecule has 1 aromatic rings. The minimum atomic E-state index is -0.151. The lowest BCUT2D eigenvalue weighted by molar-refractivity contribution is -0.117. The minimum absolute atomic E-state index is 0.121. The van der Waals surface area contributed by atoms with Gasteiger partial charge in [-0.3, -0.25) is 9.69 Å². The average Bonchev–Trinajstić information content (AvgIpc) is 2.30. The van der Waals surface area contributed by atoms with Crippen LogP contribution in [0.3, 0.4) is 0 Å². The summed E-state index contributed by atoms with van der Waals surface area (Å²) < 4.78 is 0. The van der Waals surface area contributed by atoms with Crippen LogP contribution in [-0.2, 0) is 4.79 Å². The lowest BCUT2D eigenvalue weighted by Gasteiger charge is -2.15. The lowest BCUT2D eigenvalue weighted by Crippen LogP contribution is -2.31. The molecule has 6 heteroatoms. The summed E-state index contributed by atoms with van der Waals surface area (Å²) >= 11 is 5.95. The maximum atomic E-state index is 11.7. The molecule has 0 saturated heterocycles. The third kappa shape index (κ3) is 4.91.